The summed E-state index contributed by atoms with van der Waals surface area (Å²) in [6, 6.07) is 4.47. The summed E-state index contributed by atoms with van der Waals surface area (Å²) >= 11 is 0. The molecule has 0 radical (unpaired) electrons. The Morgan fingerprint density at radius 2 is 2.22 bits per heavy atom. The summed E-state index contributed by atoms with van der Waals surface area (Å²) < 4.78 is 11.7. The van der Waals surface area contributed by atoms with Crippen LogP contribution < -0.4 is 11.1 Å². The first kappa shape index (κ1) is 15.1. The number of oxazole rings is 1. The van der Waals surface area contributed by atoms with E-state index in [1.165, 1.54) is 4.57 Å². The number of ether oxygens (including phenoxy) is 1. The fourth-order valence-corrected chi connectivity index (χ4v) is 2.60. The number of piperidine rings is 1. The van der Waals surface area contributed by atoms with Crippen LogP contribution in [-0.2, 0) is 14.3 Å². The predicted molar refractivity (Wildman–Crippen MR) is 82.6 cm³/mol. The van der Waals surface area contributed by atoms with Crippen molar-refractivity contribution >= 4 is 29.0 Å². The van der Waals surface area contributed by atoms with Crippen LogP contribution in [0.25, 0.3) is 17.2 Å². The first-order valence-corrected chi connectivity index (χ1v) is 7.37. The molecule has 1 fully saturated rings. The molecule has 2 heterocycles. The van der Waals surface area contributed by atoms with Gasteiger partial charge in [0.25, 0.3) is 0 Å². The second kappa shape index (κ2) is 6.12. The van der Waals surface area contributed by atoms with Crippen LogP contribution in [0.4, 0.5) is 0 Å². The maximum Gasteiger partial charge on any atom is 0.420 e. The molecule has 3 rings (SSSR count). The van der Waals surface area contributed by atoms with Gasteiger partial charge in [-0.2, -0.15) is 0 Å². The van der Waals surface area contributed by atoms with E-state index in [0.29, 0.717) is 17.7 Å². The lowest BCUT2D eigenvalue weighted by molar-refractivity contribution is -0.135. The summed E-state index contributed by atoms with van der Waals surface area (Å²) in [5.41, 5.74) is 1.73. The molecule has 7 nitrogen and oxygen atoms in total. The number of hydrogen-bond donors (Lipinski definition) is 1. The van der Waals surface area contributed by atoms with Crippen molar-refractivity contribution in [2.75, 3.05) is 6.61 Å². The van der Waals surface area contributed by atoms with Gasteiger partial charge in [-0.3, -0.25) is 19.5 Å². The van der Waals surface area contributed by atoms with Gasteiger partial charge in [-0.05, 0) is 37.1 Å². The Kier molecular flexibility index (Phi) is 4.01. The number of nitrogens with zero attached hydrogens (tertiary/aromatic N) is 1. The predicted octanol–water partition coefficient (Wildman–Crippen LogP) is 1.58. The van der Waals surface area contributed by atoms with Gasteiger partial charge in [-0.1, -0.05) is 6.07 Å². The summed E-state index contributed by atoms with van der Waals surface area (Å²) in [4.78, 5) is 35.4. The summed E-state index contributed by atoms with van der Waals surface area (Å²) in [7, 11) is 0. The van der Waals surface area contributed by atoms with Gasteiger partial charge in [-0.15, -0.1) is 0 Å². The Morgan fingerprint density at radius 1 is 1.39 bits per heavy atom. The number of fused-ring (bicyclic) bond motifs is 1. The summed E-state index contributed by atoms with van der Waals surface area (Å²) in [5, 5.41) is 2.25. The molecule has 23 heavy (non-hydrogen) atoms. The second-order valence-electron chi connectivity index (χ2n) is 5.19. The number of carbonyl (C=O) groups is 2. The molecule has 1 atom stereocenters. The Balaban J connectivity index is 2.03. The first-order chi connectivity index (χ1) is 11.1. The van der Waals surface area contributed by atoms with Crippen molar-refractivity contribution in [3.63, 3.8) is 0 Å². The zero-order chi connectivity index (χ0) is 16.4. The molecule has 0 bridgehead atoms. The first-order valence-electron chi connectivity index (χ1n) is 7.37. The highest BCUT2D eigenvalue weighted by Gasteiger charge is 2.31. The highest BCUT2D eigenvalue weighted by atomic mass is 16.5. The van der Waals surface area contributed by atoms with E-state index in [1.807, 2.05) is 6.92 Å². The number of amides is 2. The molecular formula is C16H16N2O5. The second-order valence-corrected chi connectivity index (χ2v) is 5.19. The molecule has 2 aromatic rings. The molecule has 1 aromatic carbocycles. The maximum atomic E-state index is 12.1. The fourth-order valence-electron chi connectivity index (χ4n) is 2.60. The minimum absolute atomic E-state index is 0.194. The molecule has 1 aliphatic heterocycles. The van der Waals surface area contributed by atoms with E-state index < -0.39 is 17.7 Å². The van der Waals surface area contributed by atoms with Gasteiger partial charge in [0.1, 0.15) is 6.04 Å². The van der Waals surface area contributed by atoms with E-state index in [0.717, 1.165) is 5.56 Å². The van der Waals surface area contributed by atoms with Crippen LogP contribution in [-0.4, -0.2) is 23.0 Å². The molecule has 7 heteroatoms. The molecule has 1 N–H and O–H groups in total. The molecule has 1 aromatic heterocycles. The van der Waals surface area contributed by atoms with Crippen molar-refractivity contribution in [3.05, 3.63) is 40.6 Å². The van der Waals surface area contributed by atoms with Crippen LogP contribution >= 0.6 is 0 Å². The Morgan fingerprint density at radius 3 is 2.96 bits per heavy atom. The van der Waals surface area contributed by atoms with Gasteiger partial charge < -0.3 is 9.15 Å². The highest BCUT2D eigenvalue weighted by Crippen LogP contribution is 2.24. The van der Waals surface area contributed by atoms with Gasteiger partial charge in [0.2, 0.25) is 11.8 Å². The van der Waals surface area contributed by atoms with E-state index in [1.54, 1.807) is 30.5 Å². The van der Waals surface area contributed by atoms with E-state index >= 15 is 0 Å². The van der Waals surface area contributed by atoms with Gasteiger partial charge in [-0.25, -0.2) is 4.79 Å². The number of carbonyl (C=O) groups excluding carboxylic acids is 2. The molecule has 0 saturated carbocycles. The van der Waals surface area contributed by atoms with Crippen molar-refractivity contribution in [3.8, 4) is 0 Å². The lowest BCUT2D eigenvalue weighted by Gasteiger charge is -2.21. The Bertz CT molecular complexity index is 846. The van der Waals surface area contributed by atoms with E-state index in [2.05, 4.69) is 5.32 Å². The molecule has 1 aliphatic rings. The van der Waals surface area contributed by atoms with Crippen molar-refractivity contribution in [1.29, 1.82) is 0 Å². The van der Waals surface area contributed by atoms with Gasteiger partial charge in [0.05, 0.1) is 18.4 Å². The zero-order valence-electron chi connectivity index (χ0n) is 12.6. The van der Waals surface area contributed by atoms with Gasteiger partial charge in [0.15, 0.2) is 5.58 Å². The van der Waals surface area contributed by atoms with Crippen LogP contribution in [0.3, 0.4) is 0 Å². The normalized spacial score (nSPS) is 18.6. The lowest BCUT2D eigenvalue weighted by Crippen LogP contribution is -2.43. The van der Waals surface area contributed by atoms with Crippen molar-refractivity contribution in [1.82, 2.24) is 9.88 Å². The SMILES string of the molecule is CCO/C=C/c1ccc2oc(=O)n(C3CCC(=O)NC3=O)c2c1. The van der Waals surface area contributed by atoms with Crippen molar-refractivity contribution in [2.24, 2.45) is 0 Å². The molecular weight excluding hydrogens is 300 g/mol. The Labute approximate surface area is 131 Å². The van der Waals surface area contributed by atoms with Gasteiger partial charge in [0, 0.05) is 6.42 Å². The molecule has 1 saturated heterocycles. The van der Waals surface area contributed by atoms with Crippen LogP contribution in [0.15, 0.2) is 33.7 Å². The largest absolute Gasteiger partial charge is 0.501 e. The fraction of sp³-hybridized carbons (Fsp3) is 0.312. The quantitative estimate of drug-likeness (QED) is 0.683. The third kappa shape index (κ3) is 2.90. The summed E-state index contributed by atoms with van der Waals surface area (Å²) in [6.45, 7) is 2.44. The number of benzene rings is 1. The monoisotopic (exact) mass is 316 g/mol. The number of aromatic nitrogens is 1. The standard InChI is InChI=1S/C16H16N2O5/c1-2-22-8-7-10-3-5-13-12(9-10)18(16(21)23-13)11-4-6-14(19)17-15(11)20/h3,5,7-9,11H,2,4,6H2,1H3,(H,17,19,20)/b8-7+. The number of rotatable bonds is 4. The van der Waals surface area contributed by atoms with Crippen molar-refractivity contribution < 1.29 is 18.7 Å². The van der Waals surface area contributed by atoms with E-state index in [9.17, 15) is 14.4 Å². The molecule has 2 amide bonds. The third-order valence-electron chi connectivity index (χ3n) is 3.68. The van der Waals surface area contributed by atoms with Gasteiger partial charge >= 0.3 is 5.76 Å². The zero-order valence-corrected chi connectivity index (χ0v) is 12.6. The maximum absolute atomic E-state index is 12.1. The van der Waals surface area contributed by atoms with Crippen LogP contribution in [0.2, 0.25) is 0 Å². The van der Waals surface area contributed by atoms with E-state index in [-0.39, 0.29) is 18.7 Å². The van der Waals surface area contributed by atoms with Crippen LogP contribution in [0, 0.1) is 0 Å². The number of nitrogens with one attached hydrogen (secondary N) is 1. The molecule has 120 valence electrons. The molecule has 1 unspecified atom stereocenters. The van der Waals surface area contributed by atoms with E-state index in [4.69, 9.17) is 9.15 Å². The number of imide groups is 1. The minimum atomic E-state index is -0.743. The molecule has 0 spiro atoms. The summed E-state index contributed by atoms with van der Waals surface area (Å²) in [5.74, 6) is -1.42. The third-order valence-corrected chi connectivity index (χ3v) is 3.68. The lowest BCUT2D eigenvalue weighted by atomic mass is 10.1. The summed E-state index contributed by atoms with van der Waals surface area (Å²) in [6.07, 6.45) is 3.79. The topological polar surface area (TPSA) is 90.5 Å². The van der Waals surface area contributed by atoms with Crippen LogP contribution in [0.1, 0.15) is 31.4 Å². The smallest absolute Gasteiger partial charge is 0.420 e. The van der Waals surface area contributed by atoms with Crippen LogP contribution in [0.5, 0.6) is 0 Å². The highest BCUT2D eigenvalue weighted by molar-refractivity contribution is 6.00. The average Bonchev–Trinajstić information content (AvgIpc) is 2.83. The minimum Gasteiger partial charge on any atom is -0.501 e. The van der Waals surface area contributed by atoms with Crippen molar-refractivity contribution in [2.45, 2.75) is 25.8 Å². The number of hydrogen-bond acceptors (Lipinski definition) is 5. The average molecular weight is 316 g/mol. The molecule has 0 aliphatic carbocycles. The Hall–Kier alpha value is -2.83.